The molecular weight excluding hydrogens is 244 g/mol. The van der Waals surface area contributed by atoms with E-state index in [9.17, 15) is 9.90 Å². The van der Waals surface area contributed by atoms with Crippen LogP contribution >= 0.6 is 0 Å². The molecule has 4 nitrogen and oxygen atoms in total. The minimum atomic E-state index is -0.496. The molecule has 1 aromatic carbocycles. The van der Waals surface area contributed by atoms with Crippen molar-refractivity contribution in [2.45, 2.75) is 19.3 Å². The number of allylic oxidation sites excluding steroid dienone is 1. The quantitative estimate of drug-likeness (QED) is 0.680. The van der Waals surface area contributed by atoms with Gasteiger partial charge in [-0.3, -0.25) is 0 Å². The lowest BCUT2D eigenvalue weighted by atomic mass is 9.85. The van der Waals surface area contributed by atoms with Gasteiger partial charge in [0.25, 0.3) is 0 Å². The van der Waals surface area contributed by atoms with Gasteiger partial charge >= 0.3 is 5.63 Å². The second-order valence-electron chi connectivity index (χ2n) is 4.94. The SMILES string of the molecule is C=CC(C)(C)c1cc2cc(O)c(OC)cc2oc1=O. The highest BCUT2D eigenvalue weighted by atomic mass is 16.5. The van der Waals surface area contributed by atoms with E-state index in [1.54, 1.807) is 12.1 Å². The standard InChI is InChI=1S/C15H16O4/c1-5-15(2,3)10-6-9-7-11(16)13(18-4)8-12(9)19-14(10)17/h5-8,16H,1H2,2-4H3. The van der Waals surface area contributed by atoms with Gasteiger partial charge in [-0.25, -0.2) is 4.79 Å². The molecule has 4 heteroatoms. The van der Waals surface area contributed by atoms with Gasteiger partial charge in [0, 0.05) is 22.4 Å². The molecule has 1 heterocycles. The van der Waals surface area contributed by atoms with Crippen LogP contribution in [-0.4, -0.2) is 12.2 Å². The summed E-state index contributed by atoms with van der Waals surface area (Å²) in [5.74, 6) is 0.276. The molecule has 19 heavy (non-hydrogen) atoms. The second kappa shape index (κ2) is 4.46. The first-order valence-electron chi connectivity index (χ1n) is 5.88. The number of benzene rings is 1. The fourth-order valence-corrected chi connectivity index (χ4v) is 1.86. The van der Waals surface area contributed by atoms with Gasteiger partial charge < -0.3 is 14.3 Å². The zero-order valence-corrected chi connectivity index (χ0v) is 11.2. The number of ether oxygens (including phenoxy) is 1. The highest BCUT2D eigenvalue weighted by Crippen LogP contribution is 2.32. The summed E-state index contributed by atoms with van der Waals surface area (Å²) in [7, 11) is 1.44. The lowest BCUT2D eigenvalue weighted by Crippen LogP contribution is -2.22. The zero-order chi connectivity index (χ0) is 14.2. The topological polar surface area (TPSA) is 59.7 Å². The molecule has 2 aromatic rings. The predicted octanol–water partition coefficient (Wildman–Crippen LogP) is 2.97. The first kappa shape index (κ1) is 13.2. The molecule has 0 atom stereocenters. The largest absolute Gasteiger partial charge is 0.504 e. The van der Waals surface area contributed by atoms with E-state index in [1.807, 2.05) is 13.8 Å². The van der Waals surface area contributed by atoms with Crippen molar-refractivity contribution in [2.75, 3.05) is 7.11 Å². The molecule has 0 unspecified atom stereocenters. The van der Waals surface area contributed by atoms with Gasteiger partial charge in [-0.15, -0.1) is 6.58 Å². The van der Waals surface area contributed by atoms with Crippen molar-refractivity contribution >= 4 is 11.0 Å². The van der Waals surface area contributed by atoms with E-state index in [4.69, 9.17) is 9.15 Å². The maximum absolute atomic E-state index is 12.0. The van der Waals surface area contributed by atoms with Gasteiger partial charge in [0.05, 0.1) is 7.11 Å². The van der Waals surface area contributed by atoms with Crippen molar-refractivity contribution in [3.05, 3.63) is 46.8 Å². The fraction of sp³-hybridized carbons (Fsp3) is 0.267. The molecule has 1 N–H and O–H groups in total. The Morgan fingerprint density at radius 2 is 2.05 bits per heavy atom. The van der Waals surface area contributed by atoms with E-state index in [1.165, 1.54) is 19.2 Å². The number of hydrogen-bond acceptors (Lipinski definition) is 4. The molecule has 0 saturated heterocycles. The molecule has 0 aliphatic rings. The molecule has 0 spiro atoms. The van der Waals surface area contributed by atoms with Gasteiger partial charge in [-0.05, 0) is 12.1 Å². The molecule has 0 amide bonds. The van der Waals surface area contributed by atoms with Crippen LogP contribution in [0.4, 0.5) is 0 Å². The normalized spacial score (nSPS) is 11.5. The molecule has 0 radical (unpaired) electrons. The van der Waals surface area contributed by atoms with Crippen LogP contribution in [-0.2, 0) is 5.41 Å². The highest BCUT2D eigenvalue weighted by Gasteiger charge is 2.22. The Kier molecular flexibility index (Phi) is 3.10. The number of rotatable bonds is 3. The third kappa shape index (κ3) is 2.21. The minimum absolute atomic E-state index is 0.00575. The zero-order valence-electron chi connectivity index (χ0n) is 11.2. The average molecular weight is 260 g/mol. The fourth-order valence-electron chi connectivity index (χ4n) is 1.86. The molecule has 2 rings (SSSR count). The van der Waals surface area contributed by atoms with E-state index in [0.717, 1.165) is 0 Å². The summed E-state index contributed by atoms with van der Waals surface area (Å²) in [5.41, 5.74) is -0.0300. The Balaban J connectivity index is 2.77. The van der Waals surface area contributed by atoms with E-state index in [2.05, 4.69) is 6.58 Å². The molecule has 0 aliphatic carbocycles. The Labute approximate surface area is 110 Å². The Bertz CT molecular complexity index is 695. The third-order valence-electron chi connectivity index (χ3n) is 3.24. The number of hydrogen-bond donors (Lipinski definition) is 1. The molecule has 0 saturated carbocycles. The number of fused-ring (bicyclic) bond motifs is 1. The molecule has 100 valence electrons. The van der Waals surface area contributed by atoms with Crippen molar-refractivity contribution in [1.82, 2.24) is 0 Å². The van der Waals surface area contributed by atoms with Crippen molar-refractivity contribution < 1.29 is 14.3 Å². The van der Waals surface area contributed by atoms with Gasteiger partial charge in [0.2, 0.25) is 0 Å². The van der Waals surface area contributed by atoms with Crippen LogP contribution in [0.25, 0.3) is 11.0 Å². The Hall–Kier alpha value is -2.23. The van der Waals surface area contributed by atoms with Crippen molar-refractivity contribution in [2.24, 2.45) is 0 Å². The van der Waals surface area contributed by atoms with Gasteiger partial charge in [-0.1, -0.05) is 19.9 Å². The molecule has 0 aliphatic heterocycles. The smallest absolute Gasteiger partial charge is 0.340 e. The van der Waals surface area contributed by atoms with Crippen molar-refractivity contribution in [3.8, 4) is 11.5 Å². The summed E-state index contributed by atoms with van der Waals surface area (Å²) in [4.78, 5) is 12.0. The monoisotopic (exact) mass is 260 g/mol. The molecule has 1 aromatic heterocycles. The molecule has 0 fully saturated rings. The summed E-state index contributed by atoms with van der Waals surface area (Å²) >= 11 is 0. The average Bonchev–Trinajstić information content (AvgIpc) is 2.37. The predicted molar refractivity (Wildman–Crippen MR) is 73.9 cm³/mol. The first-order chi connectivity index (χ1) is 8.89. The van der Waals surface area contributed by atoms with E-state index >= 15 is 0 Å². The van der Waals surface area contributed by atoms with Gasteiger partial charge in [0.1, 0.15) is 5.58 Å². The molecule has 0 bridgehead atoms. The van der Waals surface area contributed by atoms with Gasteiger partial charge in [-0.2, -0.15) is 0 Å². The van der Waals surface area contributed by atoms with Crippen LogP contribution in [0.1, 0.15) is 19.4 Å². The maximum atomic E-state index is 12.0. The lowest BCUT2D eigenvalue weighted by Gasteiger charge is -2.18. The summed E-state index contributed by atoms with van der Waals surface area (Å²) in [6, 6.07) is 4.72. The second-order valence-corrected chi connectivity index (χ2v) is 4.94. The van der Waals surface area contributed by atoms with Crippen LogP contribution in [0.5, 0.6) is 11.5 Å². The summed E-state index contributed by atoms with van der Waals surface area (Å²) in [6.07, 6.45) is 1.69. The lowest BCUT2D eigenvalue weighted by molar-refractivity contribution is 0.373. The number of phenols is 1. The number of phenolic OH excluding ortho intramolecular Hbond substituents is 1. The number of methoxy groups -OCH3 is 1. The summed E-state index contributed by atoms with van der Waals surface area (Å²) in [5, 5.41) is 10.4. The Morgan fingerprint density at radius 1 is 1.37 bits per heavy atom. The first-order valence-corrected chi connectivity index (χ1v) is 5.88. The molecular formula is C15H16O4. The summed E-state index contributed by atoms with van der Waals surface area (Å²) < 4.78 is 10.3. The van der Waals surface area contributed by atoms with Crippen molar-refractivity contribution in [3.63, 3.8) is 0 Å². The van der Waals surface area contributed by atoms with Crippen LogP contribution in [0.3, 0.4) is 0 Å². The van der Waals surface area contributed by atoms with Crippen LogP contribution in [0.2, 0.25) is 0 Å². The van der Waals surface area contributed by atoms with Gasteiger partial charge in [0.15, 0.2) is 11.5 Å². The van der Waals surface area contributed by atoms with E-state index in [0.29, 0.717) is 16.5 Å². The summed E-state index contributed by atoms with van der Waals surface area (Å²) in [6.45, 7) is 7.48. The number of aromatic hydroxyl groups is 1. The van der Waals surface area contributed by atoms with Crippen LogP contribution < -0.4 is 10.4 Å². The minimum Gasteiger partial charge on any atom is -0.504 e. The maximum Gasteiger partial charge on any atom is 0.340 e. The third-order valence-corrected chi connectivity index (χ3v) is 3.24. The van der Waals surface area contributed by atoms with Crippen LogP contribution in [0.15, 0.2) is 40.1 Å². The highest BCUT2D eigenvalue weighted by molar-refractivity contribution is 5.81. The van der Waals surface area contributed by atoms with Crippen molar-refractivity contribution in [1.29, 1.82) is 0 Å². The Morgan fingerprint density at radius 3 is 2.63 bits per heavy atom. The van der Waals surface area contributed by atoms with E-state index < -0.39 is 11.0 Å². The van der Waals surface area contributed by atoms with E-state index in [-0.39, 0.29) is 11.5 Å². The van der Waals surface area contributed by atoms with Crippen LogP contribution in [0, 0.1) is 0 Å².